The van der Waals surface area contributed by atoms with E-state index in [1.54, 1.807) is 0 Å². The number of rotatable bonds is 4. The van der Waals surface area contributed by atoms with Crippen LogP contribution in [-0.2, 0) is 10.0 Å². The van der Waals surface area contributed by atoms with Crippen LogP contribution < -0.4 is 0 Å². The molecule has 0 saturated heterocycles. The second kappa shape index (κ2) is 6.46. The maximum absolute atomic E-state index is 14.5. The van der Waals surface area contributed by atoms with Gasteiger partial charge in [-0.25, -0.2) is 9.37 Å². The summed E-state index contributed by atoms with van der Waals surface area (Å²) in [5, 5.41) is 0.0905. The maximum atomic E-state index is 14.5. The molecule has 2 aromatic rings. The van der Waals surface area contributed by atoms with Crippen LogP contribution in [0.15, 0.2) is 16.6 Å². The summed E-state index contributed by atoms with van der Waals surface area (Å²) in [6.45, 7) is 19.4. The van der Waals surface area contributed by atoms with E-state index in [-0.39, 0.29) is 16.9 Å². The number of imidazole rings is 1. The van der Waals surface area contributed by atoms with Crippen molar-refractivity contribution in [1.29, 1.82) is 0 Å². The molecule has 1 heterocycles. The minimum Gasteiger partial charge on any atom is -0.405 e. The van der Waals surface area contributed by atoms with E-state index in [2.05, 4.69) is 73.2 Å². The van der Waals surface area contributed by atoms with Crippen molar-refractivity contribution in [3.63, 3.8) is 0 Å². The van der Waals surface area contributed by atoms with E-state index in [0.717, 1.165) is 11.3 Å². The fourth-order valence-corrected chi connectivity index (χ4v) is 5.00. The van der Waals surface area contributed by atoms with Crippen molar-refractivity contribution in [3.8, 4) is 0 Å². The standard InChI is InChI=1S/C19H30BrFN2OSi/c1-12(2)23-15-11-13(20)10-14(21)16(15)22-17(23)19(6,7)24-25(8,9)18(3,4)5/h10-12H,1-9H3. The molecular formula is C19H30BrFN2OSi. The monoisotopic (exact) mass is 428 g/mol. The molecule has 2 rings (SSSR count). The van der Waals surface area contributed by atoms with Crippen LogP contribution in [0.4, 0.5) is 4.39 Å². The van der Waals surface area contributed by atoms with Gasteiger partial charge in [0.05, 0.1) is 5.52 Å². The molecule has 3 nitrogen and oxygen atoms in total. The molecule has 1 aromatic carbocycles. The maximum Gasteiger partial charge on any atom is 0.193 e. The van der Waals surface area contributed by atoms with E-state index >= 15 is 0 Å². The summed E-state index contributed by atoms with van der Waals surface area (Å²) in [4.78, 5) is 4.68. The van der Waals surface area contributed by atoms with Gasteiger partial charge in [0.25, 0.3) is 0 Å². The number of nitrogens with zero attached hydrogens (tertiary/aromatic N) is 2. The van der Waals surface area contributed by atoms with Crippen LogP contribution in [0.1, 0.15) is 60.3 Å². The Morgan fingerprint density at radius 1 is 1.16 bits per heavy atom. The molecule has 0 bridgehead atoms. The third kappa shape index (κ3) is 3.86. The molecule has 0 aliphatic rings. The Morgan fingerprint density at radius 2 is 1.72 bits per heavy atom. The third-order valence-electron chi connectivity index (χ3n) is 5.08. The van der Waals surface area contributed by atoms with Crippen LogP contribution >= 0.6 is 15.9 Å². The Morgan fingerprint density at radius 3 is 2.20 bits per heavy atom. The molecule has 0 radical (unpaired) electrons. The molecule has 25 heavy (non-hydrogen) atoms. The molecule has 6 heteroatoms. The Hall–Kier alpha value is -0.723. The Kier molecular flexibility index (Phi) is 5.32. The van der Waals surface area contributed by atoms with Crippen LogP contribution in [-0.4, -0.2) is 17.9 Å². The smallest absolute Gasteiger partial charge is 0.193 e. The number of hydrogen-bond acceptors (Lipinski definition) is 2. The number of hydrogen-bond donors (Lipinski definition) is 0. The number of aromatic nitrogens is 2. The van der Waals surface area contributed by atoms with Crippen LogP contribution in [0.5, 0.6) is 0 Å². The van der Waals surface area contributed by atoms with Crippen molar-refractivity contribution in [2.45, 2.75) is 78.2 Å². The number of benzene rings is 1. The first-order chi connectivity index (χ1) is 11.2. The predicted molar refractivity (Wildman–Crippen MR) is 109 cm³/mol. The summed E-state index contributed by atoms with van der Waals surface area (Å²) < 4.78 is 24.0. The lowest BCUT2D eigenvalue weighted by molar-refractivity contribution is 0.0760. The van der Waals surface area contributed by atoms with Crippen molar-refractivity contribution in [2.75, 3.05) is 0 Å². The van der Waals surface area contributed by atoms with Crippen LogP contribution in [0, 0.1) is 5.82 Å². The zero-order valence-electron chi connectivity index (χ0n) is 16.8. The molecule has 0 N–H and O–H groups in total. The number of halogens is 2. The fourth-order valence-electron chi connectivity index (χ4n) is 2.90. The van der Waals surface area contributed by atoms with Crippen LogP contribution in [0.25, 0.3) is 11.0 Å². The molecule has 0 saturated carbocycles. The lowest BCUT2D eigenvalue weighted by Gasteiger charge is -2.42. The van der Waals surface area contributed by atoms with E-state index in [1.807, 2.05) is 19.9 Å². The summed E-state index contributed by atoms with van der Waals surface area (Å²) >= 11 is 3.40. The van der Waals surface area contributed by atoms with Crippen molar-refractivity contribution in [1.82, 2.24) is 9.55 Å². The second-order valence-corrected chi connectivity index (χ2v) is 14.7. The van der Waals surface area contributed by atoms with Gasteiger partial charge in [-0.05, 0) is 58.0 Å². The molecule has 0 atom stereocenters. The van der Waals surface area contributed by atoms with Gasteiger partial charge in [-0.15, -0.1) is 0 Å². The van der Waals surface area contributed by atoms with Gasteiger partial charge in [-0.3, -0.25) is 0 Å². The Bertz CT molecular complexity index is 791. The highest BCUT2D eigenvalue weighted by Crippen LogP contribution is 2.42. The number of fused-ring (bicyclic) bond motifs is 1. The predicted octanol–water partition coefficient (Wildman–Crippen LogP) is 6.78. The van der Waals surface area contributed by atoms with Gasteiger partial charge in [-0.1, -0.05) is 36.7 Å². The second-order valence-electron chi connectivity index (χ2n) is 9.03. The molecule has 0 amide bonds. The van der Waals surface area contributed by atoms with Gasteiger partial charge in [0.15, 0.2) is 14.1 Å². The summed E-state index contributed by atoms with van der Waals surface area (Å²) in [5.74, 6) is 0.465. The molecule has 0 unspecified atom stereocenters. The van der Waals surface area contributed by atoms with Crippen molar-refractivity contribution >= 4 is 35.3 Å². The molecule has 0 aliphatic carbocycles. The highest BCUT2D eigenvalue weighted by atomic mass is 79.9. The summed E-state index contributed by atoms with van der Waals surface area (Å²) in [6.07, 6.45) is 0. The van der Waals surface area contributed by atoms with Crippen molar-refractivity contribution < 1.29 is 8.82 Å². The van der Waals surface area contributed by atoms with E-state index < -0.39 is 13.9 Å². The SMILES string of the molecule is CC(C)n1c(C(C)(C)O[Si](C)(C)C(C)(C)C)nc2c(F)cc(Br)cc21. The van der Waals surface area contributed by atoms with Gasteiger partial charge in [0, 0.05) is 10.5 Å². The zero-order valence-corrected chi connectivity index (χ0v) is 19.4. The summed E-state index contributed by atoms with van der Waals surface area (Å²) in [5.41, 5.74) is 0.591. The minimum atomic E-state index is -2.01. The van der Waals surface area contributed by atoms with E-state index in [9.17, 15) is 4.39 Å². The average Bonchev–Trinajstić information content (AvgIpc) is 2.76. The molecule has 0 spiro atoms. The molecule has 140 valence electrons. The topological polar surface area (TPSA) is 27.1 Å². The van der Waals surface area contributed by atoms with Gasteiger partial charge in [0.1, 0.15) is 16.9 Å². The van der Waals surface area contributed by atoms with Crippen LogP contribution in [0.2, 0.25) is 18.1 Å². The van der Waals surface area contributed by atoms with Gasteiger partial charge < -0.3 is 8.99 Å². The molecule has 1 aromatic heterocycles. The van der Waals surface area contributed by atoms with Crippen molar-refractivity contribution in [2.24, 2.45) is 0 Å². The quantitative estimate of drug-likeness (QED) is 0.501. The summed E-state index contributed by atoms with van der Waals surface area (Å²) in [6, 6.07) is 3.54. The fraction of sp³-hybridized carbons (Fsp3) is 0.632. The van der Waals surface area contributed by atoms with E-state index in [0.29, 0.717) is 9.99 Å². The molecule has 0 aliphatic heterocycles. The highest BCUT2D eigenvalue weighted by molar-refractivity contribution is 9.10. The Balaban J connectivity index is 2.67. The summed E-state index contributed by atoms with van der Waals surface area (Å²) in [7, 11) is -2.01. The minimum absolute atomic E-state index is 0.0905. The largest absolute Gasteiger partial charge is 0.405 e. The lowest BCUT2D eigenvalue weighted by Crippen LogP contribution is -2.47. The van der Waals surface area contributed by atoms with E-state index in [4.69, 9.17) is 4.43 Å². The van der Waals surface area contributed by atoms with Crippen molar-refractivity contribution in [3.05, 3.63) is 28.2 Å². The first kappa shape index (κ1) is 20.6. The zero-order chi connectivity index (χ0) is 19.4. The highest BCUT2D eigenvalue weighted by Gasteiger charge is 2.43. The first-order valence-corrected chi connectivity index (χ1v) is 12.4. The normalized spacial score (nSPS) is 13.9. The van der Waals surface area contributed by atoms with Gasteiger partial charge in [-0.2, -0.15) is 0 Å². The average molecular weight is 429 g/mol. The lowest BCUT2D eigenvalue weighted by atomic mass is 10.1. The first-order valence-electron chi connectivity index (χ1n) is 8.75. The van der Waals surface area contributed by atoms with Gasteiger partial charge >= 0.3 is 0 Å². The van der Waals surface area contributed by atoms with Gasteiger partial charge in [0.2, 0.25) is 0 Å². The van der Waals surface area contributed by atoms with E-state index in [1.165, 1.54) is 6.07 Å². The molecular weight excluding hydrogens is 399 g/mol. The molecule has 0 fully saturated rings. The van der Waals surface area contributed by atoms with Crippen LogP contribution in [0.3, 0.4) is 0 Å². The third-order valence-corrected chi connectivity index (χ3v) is 10.2. The Labute approximate surface area is 160 Å².